The molecular formula is C19H15N3O2. The van der Waals surface area contributed by atoms with E-state index < -0.39 is 0 Å². The number of amides is 1. The number of carbonyl (C=O) groups excluding carboxylic acids is 2. The summed E-state index contributed by atoms with van der Waals surface area (Å²) in [6.07, 6.45) is 2.40. The highest BCUT2D eigenvalue weighted by atomic mass is 16.1. The first-order chi connectivity index (χ1) is 11.7. The molecule has 2 aromatic heterocycles. The quantitative estimate of drug-likeness (QED) is 0.729. The van der Waals surface area contributed by atoms with Gasteiger partial charge in [0.25, 0.3) is 5.91 Å². The number of ketones is 1. The van der Waals surface area contributed by atoms with Gasteiger partial charge in [-0.15, -0.1) is 0 Å². The second-order valence-electron chi connectivity index (χ2n) is 5.71. The number of fused-ring (bicyclic) bond motifs is 1. The van der Waals surface area contributed by atoms with Gasteiger partial charge in [-0.25, -0.2) is 0 Å². The number of benzene rings is 1. The largest absolute Gasteiger partial charge is 0.358 e. The maximum Gasteiger partial charge on any atom is 0.253 e. The average Bonchev–Trinajstić information content (AvgIpc) is 3.08. The molecule has 0 unspecified atom stereocenters. The number of hydrogen-bond acceptors (Lipinski definition) is 3. The van der Waals surface area contributed by atoms with Gasteiger partial charge < -0.3 is 10.3 Å². The fraction of sp³-hybridized carbons (Fsp3) is 0.105. The van der Waals surface area contributed by atoms with Crippen LogP contribution in [0.3, 0.4) is 0 Å². The van der Waals surface area contributed by atoms with E-state index in [4.69, 9.17) is 0 Å². The van der Waals surface area contributed by atoms with Crippen LogP contribution in [-0.4, -0.2) is 28.2 Å². The monoisotopic (exact) mass is 317 g/mol. The average molecular weight is 317 g/mol. The topological polar surface area (TPSA) is 74.8 Å². The molecule has 0 atom stereocenters. The van der Waals surface area contributed by atoms with Crippen LogP contribution in [0, 0.1) is 0 Å². The van der Waals surface area contributed by atoms with Crippen LogP contribution >= 0.6 is 0 Å². The Labute approximate surface area is 138 Å². The zero-order valence-electron chi connectivity index (χ0n) is 12.9. The Morgan fingerprint density at radius 2 is 1.92 bits per heavy atom. The van der Waals surface area contributed by atoms with Gasteiger partial charge >= 0.3 is 0 Å². The molecule has 3 aromatic rings. The van der Waals surface area contributed by atoms with E-state index in [2.05, 4.69) is 15.3 Å². The van der Waals surface area contributed by atoms with Gasteiger partial charge in [0.1, 0.15) is 5.69 Å². The fourth-order valence-corrected chi connectivity index (χ4v) is 2.91. The summed E-state index contributed by atoms with van der Waals surface area (Å²) >= 11 is 0. The highest BCUT2D eigenvalue weighted by Crippen LogP contribution is 2.24. The van der Waals surface area contributed by atoms with E-state index in [9.17, 15) is 9.59 Å². The Bertz CT molecular complexity index is 929. The number of rotatable bonds is 3. The van der Waals surface area contributed by atoms with Crippen molar-refractivity contribution in [2.75, 3.05) is 6.54 Å². The Morgan fingerprint density at radius 3 is 2.71 bits per heavy atom. The van der Waals surface area contributed by atoms with Gasteiger partial charge in [0.15, 0.2) is 0 Å². The lowest BCUT2D eigenvalue weighted by atomic mass is 10.0. The van der Waals surface area contributed by atoms with Crippen molar-refractivity contribution in [3.05, 3.63) is 77.2 Å². The van der Waals surface area contributed by atoms with Crippen LogP contribution < -0.4 is 5.32 Å². The Balaban J connectivity index is 1.71. The van der Waals surface area contributed by atoms with Gasteiger partial charge in [0, 0.05) is 41.7 Å². The summed E-state index contributed by atoms with van der Waals surface area (Å²) in [5.41, 5.74) is 4.25. The zero-order chi connectivity index (χ0) is 16.5. The zero-order valence-corrected chi connectivity index (χ0v) is 12.9. The summed E-state index contributed by atoms with van der Waals surface area (Å²) in [6.45, 7) is 0.639. The van der Waals surface area contributed by atoms with Crippen molar-refractivity contribution in [3.8, 4) is 11.3 Å². The van der Waals surface area contributed by atoms with Gasteiger partial charge in [-0.1, -0.05) is 30.3 Å². The van der Waals surface area contributed by atoms with Crippen molar-refractivity contribution in [1.82, 2.24) is 15.3 Å². The summed E-state index contributed by atoms with van der Waals surface area (Å²) in [5, 5.41) is 2.83. The molecule has 2 N–H and O–H groups in total. The van der Waals surface area contributed by atoms with Crippen molar-refractivity contribution in [3.63, 3.8) is 0 Å². The molecule has 0 radical (unpaired) electrons. The number of nitrogens with one attached hydrogen (secondary N) is 2. The molecule has 0 saturated heterocycles. The molecule has 0 bridgehead atoms. The van der Waals surface area contributed by atoms with E-state index in [1.807, 2.05) is 30.3 Å². The lowest BCUT2D eigenvalue weighted by Crippen LogP contribution is -2.31. The van der Waals surface area contributed by atoms with Crippen LogP contribution in [0.1, 0.15) is 32.1 Å². The third kappa shape index (κ3) is 2.50. The van der Waals surface area contributed by atoms with E-state index >= 15 is 0 Å². The Kier molecular flexibility index (Phi) is 3.46. The molecule has 24 heavy (non-hydrogen) atoms. The molecule has 5 heteroatoms. The number of nitrogens with zero attached hydrogens (tertiary/aromatic N) is 1. The molecule has 0 aliphatic carbocycles. The Hall–Kier alpha value is -3.21. The molecule has 1 aromatic carbocycles. The third-order valence-corrected chi connectivity index (χ3v) is 4.14. The first-order valence-corrected chi connectivity index (χ1v) is 7.78. The molecule has 4 rings (SSSR count). The fourth-order valence-electron chi connectivity index (χ4n) is 2.91. The van der Waals surface area contributed by atoms with E-state index in [-0.39, 0.29) is 11.7 Å². The van der Waals surface area contributed by atoms with Crippen LogP contribution in [-0.2, 0) is 6.42 Å². The highest BCUT2D eigenvalue weighted by Gasteiger charge is 2.20. The smallest absolute Gasteiger partial charge is 0.253 e. The molecule has 1 aliphatic rings. The van der Waals surface area contributed by atoms with Gasteiger partial charge in [0.2, 0.25) is 5.78 Å². The molecular weight excluding hydrogens is 302 g/mol. The molecule has 1 aliphatic heterocycles. The molecule has 1 amide bonds. The predicted molar refractivity (Wildman–Crippen MR) is 89.9 cm³/mol. The van der Waals surface area contributed by atoms with Gasteiger partial charge in [0.05, 0.1) is 5.56 Å². The summed E-state index contributed by atoms with van der Waals surface area (Å²) in [4.78, 5) is 31.9. The van der Waals surface area contributed by atoms with Crippen molar-refractivity contribution >= 4 is 11.7 Å². The molecule has 0 spiro atoms. The minimum atomic E-state index is -0.119. The van der Waals surface area contributed by atoms with Crippen LogP contribution in [0.15, 0.2) is 54.7 Å². The van der Waals surface area contributed by atoms with Crippen LogP contribution in [0.4, 0.5) is 0 Å². The second-order valence-corrected chi connectivity index (χ2v) is 5.71. The SMILES string of the molecule is O=C(c1ccccc1)c1cc(-c2cc3c([nH]2)CCNC3=O)ccn1. The van der Waals surface area contributed by atoms with Gasteiger partial charge in [-0.3, -0.25) is 14.6 Å². The standard InChI is InChI=1S/C19H15N3O2/c23-18(12-4-2-1-3-5-12)17-10-13(6-8-20-17)16-11-14-15(22-16)7-9-21-19(14)24/h1-6,8,10-11,22H,7,9H2,(H,21,24). The second kappa shape index (κ2) is 5.77. The first-order valence-electron chi connectivity index (χ1n) is 7.78. The molecule has 3 heterocycles. The summed E-state index contributed by atoms with van der Waals surface area (Å²) in [6, 6.07) is 14.5. The minimum absolute atomic E-state index is 0.0617. The summed E-state index contributed by atoms with van der Waals surface area (Å²) in [5.74, 6) is -0.181. The number of aromatic amines is 1. The van der Waals surface area contributed by atoms with E-state index in [1.165, 1.54) is 0 Å². The van der Waals surface area contributed by atoms with E-state index in [0.717, 1.165) is 23.4 Å². The van der Waals surface area contributed by atoms with E-state index in [1.54, 1.807) is 24.4 Å². The van der Waals surface area contributed by atoms with Crippen molar-refractivity contribution in [1.29, 1.82) is 0 Å². The van der Waals surface area contributed by atoms with Gasteiger partial charge in [-0.2, -0.15) is 0 Å². The normalized spacial score (nSPS) is 13.2. The molecule has 118 valence electrons. The summed E-state index contributed by atoms with van der Waals surface area (Å²) in [7, 11) is 0. The first kappa shape index (κ1) is 14.4. The number of pyridine rings is 1. The van der Waals surface area contributed by atoms with Crippen LogP contribution in [0.2, 0.25) is 0 Å². The number of H-pyrrole nitrogens is 1. The molecule has 0 fully saturated rings. The Morgan fingerprint density at radius 1 is 1.08 bits per heavy atom. The third-order valence-electron chi connectivity index (χ3n) is 4.14. The van der Waals surface area contributed by atoms with Crippen LogP contribution in [0.5, 0.6) is 0 Å². The molecule has 5 nitrogen and oxygen atoms in total. The van der Waals surface area contributed by atoms with Crippen molar-refractivity contribution in [2.24, 2.45) is 0 Å². The van der Waals surface area contributed by atoms with Crippen molar-refractivity contribution in [2.45, 2.75) is 6.42 Å². The summed E-state index contributed by atoms with van der Waals surface area (Å²) < 4.78 is 0. The maximum absolute atomic E-state index is 12.5. The number of aromatic nitrogens is 2. The van der Waals surface area contributed by atoms with Gasteiger partial charge in [-0.05, 0) is 18.2 Å². The minimum Gasteiger partial charge on any atom is -0.358 e. The highest BCUT2D eigenvalue weighted by molar-refractivity contribution is 6.08. The predicted octanol–water partition coefficient (Wildman–Crippen LogP) is 2.59. The lowest BCUT2D eigenvalue weighted by molar-refractivity contribution is 0.0945. The molecule has 0 saturated carbocycles. The maximum atomic E-state index is 12.5. The number of hydrogen-bond donors (Lipinski definition) is 2. The van der Waals surface area contributed by atoms with Crippen LogP contribution in [0.25, 0.3) is 11.3 Å². The number of carbonyl (C=O) groups is 2. The van der Waals surface area contributed by atoms with E-state index in [0.29, 0.717) is 23.4 Å². The lowest BCUT2D eigenvalue weighted by Gasteiger charge is -2.10. The van der Waals surface area contributed by atoms with Crippen molar-refractivity contribution < 1.29 is 9.59 Å².